The largest absolute Gasteiger partial charge is 0.492 e. The molecule has 1 saturated heterocycles. The smallest absolute Gasteiger partial charge is 0.222 e. The zero-order valence-corrected chi connectivity index (χ0v) is 11.6. The Balaban J connectivity index is 0.000000771. The van der Waals surface area contributed by atoms with Gasteiger partial charge in [0, 0.05) is 13.0 Å². The molecule has 0 saturated carbocycles. The van der Waals surface area contributed by atoms with Crippen LogP contribution in [0.2, 0.25) is 0 Å². The van der Waals surface area contributed by atoms with Crippen molar-refractivity contribution in [2.24, 2.45) is 0 Å². The van der Waals surface area contributed by atoms with Crippen molar-refractivity contribution >= 4 is 5.91 Å². The number of nitrogens with zero attached hydrogens (tertiary/aromatic N) is 1. The van der Waals surface area contributed by atoms with Gasteiger partial charge in [-0.05, 0) is 25.5 Å². The number of carbonyl (C=O) groups is 1. The van der Waals surface area contributed by atoms with Crippen LogP contribution in [0.1, 0.15) is 32.3 Å². The molecule has 100 valence electrons. The Bertz CT molecular complexity index is 359. The summed E-state index contributed by atoms with van der Waals surface area (Å²) < 4.78 is 5.58. The molecule has 1 aromatic carbocycles. The first-order valence-corrected chi connectivity index (χ1v) is 6.73. The third-order valence-corrected chi connectivity index (χ3v) is 2.82. The average Bonchev–Trinajstić information content (AvgIpc) is 2.80. The summed E-state index contributed by atoms with van der Waals surface area (Å²) in [5.74, 6) is 1.13. The van der Waals surface area contributed by atoms with Crippen LogP contribution in [0, 0.1) is 6.92 Å². The van der Waals surface area contributed by atoms with E-state index in [1.54, 1.807) is 0 Å². The molecule has 0 aromatic heterocycles. The molecule has 0 bridgehead atoms. The average molecular weight is 249 g/mol. The summed E-state index contributed by atoms with van der Waals surface area (Å²) in [5.41, 5.74) is 1.22. The fourth-order valence-corrected chi connectivity index (χ4v) is 1.85. The lowest BCUT2D eigenvalue weighted by Gasteiger charge is -2.15. The predicted octanol–water partition coefficient (Wildman–Crippen LogP) is 3.02. The zero-order chi connectivity index (χ0) is 13.4. The van der Waals surface area contributed by atoms with E-state index in [9.17, 15) is 4.79 Å². The summed E-state index contributed by atoms with van der Waals surface area (Å²) in [4.78, 5) is 13.2. The van der Waals surface area contributed by atoms with Crippen LogP contribution in [-0.2, 0) is 4.79 Å². The molecule has 0 spiro atoms. The lowest BCUT2D eigenvalue weighted by atomic mass is 10.2. The number of likely N-dealkylation sites (tertiary alicyclic amines) is 1. The Morgan fingerprint density at radius 1 is 1.22 bits per heavy atom. The molecule has 18 heavy (non-hydrogen) atoms. The molecule has 2 rings (SSSR count). The molecule has 3 nitrogen and oxygen atoms in total. The van der Waals surface area contributed by atoms with E-state index in [0.717, 1.165) is 18.7 Å². The normalized spacial score (nSPS) is 14.2. The van der Waals surface area contributed by atoms with Gasteiger partial charge in [0.15, 0.2) is 0 Å². The van der Waals surface area contributed by atoms with Gasteiger partial charge in [0.2, 0.25) is 5.91 Å². The number of hydrogen-bond donors (Lipinski definition) is 0. The Labute approximate surface area is 110 Å². The van der Waals surface area contributed by atoms with Gasteiger partial charge in [0.05, 0.1) is 6.54 Å². The van der Waals surface area contributed by atoms with Crippen molar-refractivity contribution in [1.29, 1.82) is 0 Å². The second kappa shape index (κ2) is 7.75. The molecule has 1 amide bonds. The molecule has 0 N–H and O–H groups in total. The maximum Gasteiger partial charge on any atom is 0.222 e. The summed E-state index contributed by atoms with van der Waals surface area (Å²) in [7, 11) is 0. The van der Waals surface area contributed by atoms with E-state index in [0.29, 0.717) is 19.6 Å². The van der Waals surface area contributed by atoms with E-state index in [-0.39, 0.29) is 5.91 Å². The van der Waals surface area contributed by atoms with Gasteiger partial charge in [-0.2, -0.15) is 0 Å². The molecule has 0 unspecified atom stereocenters. The second-order valence-electron chi connectivity index (χ2n) is 4.15. The van der Waals surface area contributed by atoms with Crippen molar-refractivity contribution < 1.29 is 9.53 Å². The maximum absolute atomic E-state index is 11.3. The lowest BCUT2D eigenvalue weighted by Crippen LogP contribution is -2.29. The van der Waals surface area contributed by atoms with Gasteiger partial charge in [0.25, 0.3) is 0 Å². The minimum Gasteiger partial charge on any atom is -0.492 e. The highest BCUT2D eigenvalue weighted by Gasteiger charge is 2.19. The third-order valence-electron chi connectivity index (χ3n) is 2.82. The summed E-state index contributed by atoms with van der Waals surface area (Å²) in [6, 6.07) is 7.97. The van der Waals surface area contributed by atoms with Crippen LogP contribution < -0.4 is 4.74 Å². The number of benzene rings is 1. The summed E-state index contributed by atoms with van der Waals surface area (Å²) in [6.45, 7) is 8.21. The molecular formula is C15H23NO2. The Kier molecular flexibility index (Phi) is 6.26. The van der Waals surface area contributed by atoms with Crippen LogP contribution in [0.25, 0.3) is 0 Å². The summed E-state index contributed by atoms with van der Waals surface area (Å²) in [5, 5.41) is 0. The van der Waals surface area contributed by atoms with E-state index in [1.165, 1.54) is 5.56 Å². The Hall–Kier alpha value is -1.51. The quantitative estimate of drug-likeness (QED) is 0.821. The Morgan fingerprint density at radius 2 is 1.89 bits per heavy atom. The highest BCUT2D eigenvalue weighted by molar-refractivity contribution is 5.78. The van der Waals surface area contributed by atoms with Crippen molar-refractivity contribution in [3.63, 3.8) is 0 Å². The number of hydrogen-bond acceptors (Lipinski definition) is 2. The summed E-state index contributed by atoms with van der Waals surface area (Å²) >= 11 is 0. The standard InChI is InChI=1S/C13H17NO2.C2H6/c1-11-4-6-12(7-5-11)16-10-9-14-8-2-3-13(14)15;1-2/h4-7H,2-3,8-10H2,1H3;1-2H3. The van der Waals surface area contributed by atoms with Crippen molar-refractivity contribution in [1.82, 2.24) is 4.90 Å². The zero-order valence-electron chi connectivity index (χ0n) is 11.6. The van der Waals surface area contributed by atoms with Crippen LogP contribution in [0.15, 0.2) is 24.3 Å². The van der Waals surface area contributed by atoms with E-state index >= 15 is 0 Å². The predicted molar refractivity (Wildman–Crippen MR) is 73.8 cm³/mol. The topological polar surface area (TPSA) is 29.5 Å². The first kappa shape index (κ1) is 14.6. The first-order valence-electron chi connectivity index (χ1n) is 6.73. The fourth-order valence-electron chi connectivity index (χ4n) is 1.85. The molecule has 0 atom stereocenters. The second-order valence-corrected chi connectivity index (χ2v) is 4.15. The lowest BCUT2D eigenvalue weighted by molar-refractivity contribution is -0.128. The van der Waals surface area contributed by atoms with Gasteiger partial charge in [-0.15, -0.1) is 0 Å². The molecule has 1 aliphatic heterocycles. The van der Waals surface area contributed by atoms with Crippen LogP contribution in [0.3, 0.4) is 0 Å². The van der Waals surface area contributed by atoms with Gasteiger partial charge in [-0.1, -0.05) is 31.5 Å². The maximum atomic E-state index is 11.3. The minimum absolute atomic E-state index is 0.257. The summed E-state index contributed by atoms with van der Waals surface area (Å²) in [6.07, 6.45) is 1.69. The molecular weight excluding hydrogens is 226 g/mol. The third kappa shape index (κ3) is 4.40. The van der Waals surface area contributed by atoms with Crippen LogP contribution in [-0.4, -0.2) is 30.5 Å². The molecule has 0 radical (unpaired) electrons. The number of ether oxygens (including phenoxy) is 1. The first-order chi connectivity index (χ1) is 8.75. The number of aryl methyl sites for hydroxylation is 1. The van der Waals surface area contributed by atoms with Crippen LogP contribution in [0.4, 0.5) is 0 Å². The van der Waals surface area contributed by atoms with Crippen molar-refractivity contribution in [2.75, 3.05) is 19.7 Å². The van der Waals surface area contributed by atoms with Crippen LogP contribution >= 0.6 is 0 Å². The monoisotopic (exact) mass is 249 g/mol. The van der Waals surface area contributed by atoms with Gasteiger partial charge < -0.3 is 9.64 Å². The SMILES string of the molecule is CC.Cc1ccc(OCCN2CCCC2=O)cc1. The molecule has 1 heterocycles. The van der Waals surface area contributed by atoms with Gasteiger partial charge in [0.1, 0.15) is 12.4 Å². The Morgan fingerprint density at radius 3 is 2.44 bits per heavy atom. The van der Waals surface area contributed by atoms with Gasteiger partial charge in [-0.25, -0.2) is 0 Å². The fraction of sp³-hybridized carbons (Fsp3) is 0.533. The van der Waals surface area contributed by atoms with E-state index < -0.39 is 0 Å². The van der Waals surface area contributed by atoms with Crippen molar-refractivity contribution in [3.05, 3.63) is 29.8 Å². The highest BCUT2D eigenvalue weighted by atomic mass is 16.5. The number of rotatable bonds is 4. The molecule has 1 aromatic rings. The molecule has 1 fully saturated rings. The molecule has 1 aliphatic rings. The van der Waals surface area contributed by atoms with Crippen molar-refractivity contribution in [3.8, 4) is 5.75 Å². The van der Waals surface area contributed by atoms with E-state index in [4.69, 9.17) is 4.74 Å². The molecule has 3 heteroatoms. The van der Waals surface area contributed by atoms with E-state index in [2.05, 4.69) is 0 Å². The minimum atomic E-state index is 0.257. The van der Waals surface area contributed by atoms with E-state index in [1.807, 2.05) is 49.9 Å². The van der Waals surface area contributed by atoms with Crippen molar-refractivity contribution in [2.45, 2.75) is 33.6 Å². The van der Waals surface area contributed by atoms with Gasteiger partial charge >= 0.3 is 0 Å². The number of amides is 1. The molecule has 0 aliphatic carbocycles. The van der Waals surface area contributed by atoms with Gasteiger partial charge in [-0.3, -0.25) is 4.79 Å². The number of carbonyl (C=O) groups excluding carboxylic acids is 1. The van der Waals surface area contributed by atoms with Crippen LogP contribution in [0.5, 0.6) is 5.75 Å². The highest BCUT2D eigenvalue weighted by Crippen LogP contribution is 2.12.